The summed E-state index contributed by atoms with van der Waals surface area (Å²) in [5, 5.41) is 11.9. The van der Waals surface area contributed by atoms with Crippen LogP contribution in [0.15, 0.2) is 54.9 Å². The highest BCUT2D eigenvalue weighted by Crippen LogP contribution is 2.43. The van der Waals surface area contributed by atoms with Crippen molar-refractivity contribution in [3.05, 3.63) is 65.8 Å². The van der Waals surface area contributed by atoms with Crippen LogP contribution in [-0.4, -0.2) is 38.1 Å². The van der Waals surface area contributed by atoms with Crippen molar-refractivity contribution in [3.8, 4) is 5.75 Å². The third-order valence-corrected chi connectivity index (χ3v) is 6.32. The van der Waals surface area contributed by atoms with Gasteiger partial charge >= 0.3 is 0 Å². The summed E-state index contributed by atoms with van der Waals surface area (Å²) < 4.78 is 7.47. The van der Waals surface area contributed by atoms with Gasteiger partial charge in [-0.2, -0.15) is 0 Å². The zero-order valence-electron chi connectivity index (χ0n) is 19.4. The SMILES string of the molecule is COc1ccc(N2c3ccncc3N(Cc3nc4nc(Cl)ccc4n3CCC(C)C)C2O)cc1. The Morgan fingerprint density at radius 1 is 1.06 bits per heavy atom. The lowest BCUT2D eigenvalue weighted by atomic mass is 10.1. The maximum atomic E-state index is 11.5. The molecule has 0 aliphatic carbocycles. The van der Waals surface area contributed by atoms with Gasteiger partial charge < -0.3 is 19.3 Å². The molecule has 4 aromatic rings. The van der Waals surface area contributed by atoms with Crippen molar-refractivity contribution in [1.82, 2.24) is 19.5 Å². The molecule has 8 nitrogen and oxygen atoms in total. The summed E-state index contributed by atoms with van der Waals surface area (Å²) in [5.41, 5.74) is 4.11. The minimum absolute atomic E-state index is 0.387. The Morgan fingerprint density at radius 3 is 2.59 bits per heavy atom. The van der Waals surface area contributed by atoms with Crippen LogP contribution >= 0.6 is 11.6 Å². The van der Waals surface area contributed by atoms with Gasteiger partial charge in [-0.3, -0.25) is 9.88 Å². The molecule has 0 saturated carbocycles. The zero-order valence-corrected chi connectivity index (χ0v) is 20.1. The van der Waals surface area contributed by atoms with E-state index < -0.39 is 6.35 Å². The average molecular weight is 479 g/mol. The van der Waals surface area contributed by atoms with Gasteiger partial charge in [-0.1, -0.05) is 25.4 Å². The van der Waals surface area contributed by atoms with E-state index >= 15 is 0 Å². The number of benzene rings is 1. The number of hydrogen-bond donors (Lipinski definition) is 1. The molecule has 1 atom stereocenters. The first-order valence-corrected chi connectivity index (χ1v) is 11.7. The summed E-state index contributed by atoms with van der Waals surface area (Å²) >= 11 is 6.14. The largest absolute Gasteiger partial charge is 0.497 e. The van der Waals surface area contributed by atoms with Crippen molar-refractivity contribution in [2.45, 2.75) is 39.7 Å². The Kier molecular flexibility index (Phi) is 6.02. The van der Waals surface area contributed by atoms with Crippen LogP contribution in [-0.2, 0) is 13.1 Å². The number of methoxy groups -OCH3 is 1. The molecule has 3 aromatic heterocycles. The van der Waals surface area contributed by atoms with E-state index in [-0.39, 0.29) is 0 Å². The van der Waals surface area contributed by atoms with E-state index in [0.29, 0.717) is 23.3 Å². The first-order chi connectivity index (χ1) is 16.5. The summed E-state index contributed by atoms with van der Waals surface area (Å²) in [7, 11) is 1.63. The highest BCUT2D eigenvalue weighted by Gasteiger charge is 2.36. The van der Waals surface area contributed by atoms with Gasteiger partial charge in [0.25, 0.3) is 0 Å². The Balaban J connectivity index is 1.53. The van der Waals surface area contributed by atoms with Crippen molar-refractivity contribution < 1.29 is 9.84 Å². The van der Waals surface area contributed by atoms with E-state index in [4.69, 9.17) is 21.3 Å². The number of imidazole rings is 1. The second-order valence-electron chi connectivity index (χ2n) is 8.75. The fourth-order valence-corrected chi connectivity index (χ4v) is 4.46. The number of aliphatic hydroxyl groups excluding tert-OH is 1. The summed E-state index contributed by atoms with van der Waals surface area (Å²) in [6.07, 6.45) is 3.58. The summed E-state index contributed by atoms with van der Waals surface area (Å²) in [4.78, 5) is 17.3. The molecule has 1 unspecified atom stereocenters. The first-order valence-electron chi connectivity index (χ1n) is 11.3. The smallest absolute Gasteiger partial charge is 0.212 e. The fourth-order valence-electron chi connectivity index (χ4n) is 4.32. The molecular weight excluding hydrogens is 452 g/mol. The third kappa shape index (κ3) is 4.03. The molecule has 5 rings (SSSR count). The number of nitrogens with zero attached hydrogens (tertiary/aromatic N) is 6. The van der Waals surface area contributed by atoms with Crippen molar-refractivity contribution in [1.29, 1.82) is 0 Å². The van der Waals surface area contributed by atoms with Crippen LogP contribution in [0.1, 0.15) is 26.1 Å². The fraction of sp³-hybridized carbons (Fsp3) is 0.320. The Morgan fingerprint density at radius 2 is 1.85 bits per heavy atom. The minimum atomic E-state index is -0.928. The first kappa shape index (κ1) is 22.4. The van der Waals surface area contributed by atoms with Crippen LogP contribution in [0.4, 0.5) is 17.1 Å². The van der Waals surface area contributed by atoms with Crippen LogP contribution in [0, 0.1) is 5.92 Å². The molecule has 1 aromatic carbocycles. The third-order valence-electron chi connectivity index (χ3n) is 6.11. The van der Waals surface area contributed by atoms with Gasteiger partial charge in [0.05, 0.1) is 36.7 Å². The molecule has 0 saturated heterocycles. The molecule has 1 aliphatic rings. The number of ether oxygens (including phenoxy) is 1. The quantitative estimate of drug-likeness (QED) is 0.376. The molecule has 34 heavy (non-hydrogen) atoms. The molecule has 9 heteroatoms. The summed E-state index contributed by atoms with van der Waals surface area (Å²) in [5.74, 6) is 2.11. The lowest BCUT2D eigenvalue weighted by Crippen LogP contribution is -2.40. The van der Waals surface area contributed by atoms with Gasteiger partial charge in [0.1, 0.15) is 16.7 Å². The summed E-state index contributed by atoms with van der Waals surface area (Å²) in [6.45, 7) is 5.59. The van der Waals surface area contributed by atoms with E-state index in [0.717, 1.165) is 47.1 Å². The van der Waals surface area contributed by atoms with Crippen molar-refractivity contribution >= 4 is 39.8 Å². The lowest BCUT2D eigenvalue weighted by Gasteiger charge is -2.28. The van der Waals surface area contributed by atoms with Crippen LogP contribution < -0.4 is 14.5 Å². The Bertz CT molecular complexity index is 1310. The van der Waals surface area contributed by atoms with Crippen LogP contribution in [0.25, 0.3) is 11.2 Å². The van der Waals surface area contributed by atoms with E-state index in [2.05, 4.69) is 28.4 Å². The van der Waals surface area contributed by atoms with E-state index in [1.54, 1.807) is 25.6 Å². The number of aromatic nitrogens is 4. The Labute approximate surface area is 203 Å². The van der Waals surface area contributed by atoms with Crippen LogP contribution in [0.5, 0.6) is 5.75 Å². The molecule has 1 N–H and O–H groups in total. The van der Waals surface area contributed by atoms with Gasteiger partial charge in [-0.05, 0) is 54.8 Å². The number of aliphatic hydroxyl groups is 1. The topological polar surface area (TPSA) is 79.5 Å². The zero-order chi connectivity index (χ0) is 23.8. The molecule has 1 aliphatic heterocycles. The molecule has 0 bridgehead atoms. The molecule has 0 spiro atoms. The predicted molar refractivity (Wildman–Crippen MR) is 134 cm³/mol. The van der Waals surface area contributed by atoms with Crippen molar-refractivity contribution in [3.63, 3.8) is 0 Å². The number of fused-ring (bicyclic) bond motifs is 2. The minimum Gasteiger partial charge on any atom is -0.497 e. The molecule has 0 amide bonds. The molecular formula is C25H27ClN6O2. The number of halogens is 1. The average Bonchev–Trinajstić information content (AvgIpc) is 3.31. The standard InChI is InChI=1S/C25H27ClN6O2/c1-16(2)11-13-30-20-8-9-22(26)28-24(20)29-23(30)15-31-21-14-27-12-10-19(21)32(25(31)33)17-4-6-18(34-3)7-5-17/h4-10,12,14,16,25,33H,11,13,15H2,1-3H3. The van der Waals surface area contributed by atoms with Gasteiger partial charge in [0.2, 0.25) is 6.35 Å². The van der Waals surface area contributed by atoms with Crippen LogP contribution in [0.3, 0.4) is 0 Å². The molecule has 4 heterocycles. The predicted octanol–water partition coefficient (Wildman–Crippen LogP) is 4.97. The number of hydrogen-bond acceptors (Lipinski definition) is 7. The molecule has 0 radical (unpaired) electrons. The second-order valence-corrected chi connectivity index (χ2v) is 9.13. The van der Waals surface area contributed by atoms with Crippen LogP contribution in [0.2, 0.25) is 5.15 Å². The van der Waals surface area contributed by atoms with Gasteiger partial charge in [0.15, 0.2) is 5.65 Å². The number of pyridine rings is 2. The summed E-state index contributed by atoms with van der Waals surface area (Å²) in [6, 6.07) is 13.3. The van der Waals surface area contributed by atoms with E-state index in [9.17, 15) is 5.11 Å². The number of rotatable bonds is 7. The van der Waals surface area contributed by atoms with Crippen molar-refractivity contribution in [2.24, 2.45) is 5.92 Å². The van der Waals surface area contributed by atoms with Gasteiger partial charge in [-0.15, -0.1) is 0 Å². The number of aryl methyl sites for hydroxylation is 1. The maximum absolute atomic E-state index is 11.5. The monoisotopic (exact) mass is 478 g/mol. The molecule has 0 fully saturated rings. The Hall–Kier alpha value is -3.36. The normalized spacial score (nSPS) is 15.4. The van der Waals surface area contributed by atoms with E-state index in [1.807, 2.05) is 46.2 Å². The van der Waals surface area contributed by atoms with E-state index in [1.165, 1.54) is 0 Å². The van der Waals surface area contributed by atoms with Gasteiger partial charge in [-0.25, -0.2) is 9.97 Å². The highest BCUT2D eigenvalue weighted by atomic mass is 35.5. The van der Waals surface area contributed by atoms with Gasteiger partial charge in [0, 0.05) is 18.4 Å². The number of anilines is 3. The lowest BCUT2D eigenvalue weighted by molar-refractivity contribution is 0.180. The highest BCUT2D eigenvalue weighted by molar-refractivity contribution is 6.29. The maximum Gasteiger partial charge on any atom is 0.212 e. The molecule has 176 valence electrons. The second kappa shape index (κ2) is 9.12. The van der Waals surface area contributed by atoms with Crippen molar-refractivity contribution in [2.75, 3.05) is 16.9 Å².